The first-order valence-electron chi connectivity index (χ1n) is 8.16. The number of piperidine rings is 1. The van der Waals surface area contributed by atoms with Gasteiger partial charge in [0.15, 0.2) is 0 Å². The smallest absolute Gasteiger partial charge is 0.372 e. The molecule has 0 saturated carbocycles. The predicted molar refractivity (Wildman–Crippen MR) is 88.9 cm³/mol. The molecule has 3 N–H and O–H groups in total. The number of carbonyl (C=O) groups excluding carboxylic acids is 5. The van der Waals surface area contributed by atoms with E-state index >= 15 is 0 Å². The third-order valence-corrected chi connectivity index (χ3v) is 4.37. The highest BCUT2D eigenvalue weighted by molar-refractivity contribution is 6.32. The highest BCUT2D eigenvalue weighted by atomic mass is 16.4. The molecule has 10 heteroatoms. The molecule has 1 aromatic carbocycles. The van der Waals surface area contributed by atoms with Crippen LogP contribution in [0.1, 0.15) is 40.0 Å². The summed E-state index contributed by atoms with van der Waals surface area (Å²) in [4.78, 5) is 71.3. The van der Waals surface area contributed by atoms with Gasteiger partial charge >= 0.3 is 5.97 Å². The maximum atomic E-state index is 12.8. The van der Waals surface area contributed by atoms with Gasteiger partial charge in [-0.3, -0.25) is 34.2 Å². The monoisotopic (exact) mass is 373 g/mol. The molecule has 1 aromatic rings. The van der Waals surface area contributed by atoms with Gasteiger partial charge in [-0.25, -0.2) is 4.79 Å². The van der Waals surface area contributed by atoms with Gasteiger partial charge < -0.3 is 10.4 Å². The van der Waals surface area contributed by atoms with E-state index in [1.165, 1.54) is 18.2 Å². The topological polar surface area (TPSA) is 150 Å². The average Bonchev–Trinajstić information content (AvgIpc) is 2.87. The van der Waals surface area contributed by atoms with Crippen LogP contribution in [0.25, 0.3) is 0 Å². The normalized spacial score (nSPS) is 19.0. The van der Waals surface area contributed by atoms with Crippen LogP contribution in [0.2, 0.25) is 0 Å². The second-order valence-corrected chi connectivity index (χ2v) is 6.08. The first-order chi connectivity index (χ1) is 12.8. The van der Waals surface area contributed by atoms with Crippen molar-refractivity contribution in [2.24, 2.45) is 0 Å². The number of hydrogen-bond acceptors (Lipinski definition) is 7. The van der Waals surface area contributed by atoms with Crippen molar-refractivity contribution in [1.29, 1.82) is 0 Å². The number of benzene rings is 1. The van der Waals surface area contributed by atoms with E-state index in [4.69, 9.17) is 5.11 Å². The summed E-state index contributed by atoms with van der Waals surface area (Å²) in [6.45, 7) is -0.0402. The number of nitrogens with zero attached hydrogens (tertiary/aromatic N) is 1. The molecule has 1 saturated heterocycles. The second kappa shape index (κ2) is 6.98. The molecule has 2 aliphatic rings. The van der Waals surface area contributed by atoms with Gasteiger partial charge in [0.2, 0.25) is 17.6 Å². The molecule has 10 nitrogen and oxygen atoms in total. The molecule has 0 bridgehead atoms. The summed E-state index contributed by atoms with van der Waals surface area (Å²) in [6.07, 6.45) is -0.226. The number of hydrogen-bond donors (Lipinski definition) is 3. The lowest BCUT2D eigenvalue weighted by Gasteiger charge is -2.27. The van der Waals surface area contributed by atoms with E-state index in [0.29, 0.717) is 0 Å². The maximum Gasteiger partial charge on any atom is 0.372 e. The van der Waals surface area contributed by atoms with Crippen LogP contribution < -0.4 is 10.6 Å². The van der Waals surface area contributed by atoms with Gasteiger partial charge in [0.05, 0.1) is 11.1 Å². The largest absolute Gasteiger partial charge is 0.476 e. The molecule has 4 amide bonds. The van der Waals surface area contributed by atoms with Gasteiger partial charge in [0.25, 0.3) is 11.8 Å². The molecule has 2 aliphatic heterocycles. The Morgan fingerprint density at radius 3 is 2.59 bits per heavy atom. The minimum Gasteiger partial charge on any atom is -0.476 e. The Balaban J connectivity index is 1.82. The maximum absolute atomic E-state index is 12.8. The first kappa shape index (κ1) is 18.2. The van der Waals surface area contributed by atoms with E-state index in [0.717, 1.165) is 4.90 Å². The third-order valence-electron chi connectivity index (χ3n) is 4.37. The zero-order valence-corrected chi connectivity index (χ0v) is 14.0. The number of imide groups is 2. The van der Waals surface area contributed by atoms with Crippen molar-refractivity contribution in [3.05, 3.63) is 29.3 Å². The lowest BCUT2D eigenvalue weighted by atomic mass is 10.0. The number of Topliss-reactive ketones (excluding diaryl/α,β-unsaturated/α-hetero) is 1. The van der Waals surface area contributed by atoms with E-state index in [9.17, 15) is 28.8 Å². The van der Waals surface area contributed by atoms with Crippen LogP contribution in [0.3, 0.4) is 0 Å². The van der Waals surface area contributed by atoms with E-state index in [-0.39, 0.29) is 42.6 Å². The fourth-order valence-corrected chi connectivity index (χ4v) is 3.08. The van der Waals surface area contributed by atoms with Crippen LogP contribution in [0.15, 0.2) is 18.2 Å². The van der Waals surface area contributed by atoms with Gasteiger partial charge in [-0.15, -0.1) is 0 Å². The molecule has 1 atom stereocenters. The fraction of sp³-hybridized carbons (Fsp3) is 0.294. The quantitative estimate of drug-likeness (QED) is 0.448. The van der Waals surface area contributed by atoms with Crippen molar-refractivity contribution in [3.63, 3.8) is 0 Å². The minimum absolute atomic E-state index is 0.0201. The first-order valence-corrected chi connectivity index (χ1v) is 8.16. The summed E-state index contributed by atoms with van der Waals surface area (Å²) >= 11 is 0. The Hall–Kier alpha value is -3.56. The molecule has 0 radical (unpaired) electrons. The molecule has 0 spiro atoms. The number of carboxylic acid groups (broad SMARTS) is 1. The third kappa shape index (κ3) is 3.28. The van der Waals surface area contributed by atoms with Crippen LogP contribution in [-0.4, -0.2) is 58.0 Å². The predicted octanol–water partition coefficient (Wildman–Crippen LogP) is -0.456. The molecule has 0 aromatic heterocycles. The minimum atomic E-state index is -1.55. The van der Waals surface area contributed by atoms with Crippen molar-refractivity contribution in [3.8, 4) is 0 Å². The van der Waals surface area contributed by atoms with Gasteiger partial charge in [0.1, 0.15) is 6.04 Å². The molecule has 1 fully saturated rings. The molecule has 0 aliphatic carbocycles. The molecular weight excluding hydrogens is 358 g/mol. The highest BCUT2D eigenvalue weighted by Gasteiger charge is 2.45. The molecule has 2 heterocycles. The van der Waals surface area contributed by atoms with E-state index in [1.807, 2.05) is 0 Å². The summed E-state index contributed by atoms with van der Waals surface area (Å²) in [5.74, 6) is -5.03. The number of anilines is 1. The summed E-state index contributed by atoms with van der Waals surface area (Å²) in [5.41, 5.74) is 0.410. The Labute approximate surface area is 152 Å². The summed E-state index contributed by atoms with van der Waals surface area (Å²) < 4.78 is 0. The van der Waals surface area contributed by atoms with Crippen LogP contribution in [0.5, 0.6) is 0 Å². The number of fused-ring (bicyclic) bond motifs is 1. The molecular formula is C17H15N3O7. The molecule has 1 unspecified atom stereocenters. The van der Waals surface area contributed by atoms with E-state index < -0.39 is 41.4 Å². The Bertz CT molecular complexity index is 893. The van der Waals surface area contributed by atoms with Crippen molar-refractivity contribution in [1.82, 2.24) is 10.2 Å². The van der Waals surface area contributed by atoms with Gasteiger partial charge in [0, 0.05) is 25.1 Å². The highest BCUT2D eigenvalue weighted by Crippen LogP contribution is 2.32. The van der Waals surface area contributed by atoms with Crippen LogP contribution in [0.4, 0.5) is 5.69 Å². The van der Waals surface area contributed by atoms with Gasteiger partial charge in [-0.05, 0) is 18.6 Å². The van der Waals surface area contributed by atoms with E-state index in [2.05, 4.69) is 10.6 Å². The Morgan fingerprint density at radius 1 is 1.19 bits per heavy atom. The van der Waals surface area contributed by atoms with Crippen molar-refractivity contribution in [2.45, 2.75) is 25.3 Å². The number of aliphatic carboxylic acids is 1. The molecule has 27 heavy (non-hydrogen) atoms. The van der Waals surface area contributed by atoms with Crippen LogP contribution >= 0.6 is 0 Å². The zero-order chi connectivity index (χ0) is 19.7. The summed E-state index contributed by atoms with van der Waals surface area (Å²) in [5, 5.41) is 13.5. The van der Waals surface area contributed by atoms with Crippen LogP contribution in [-0.2, 0) is 19.2 Å². The Morgan fingerprint density at radius 2 is 1.93 bits per heavy atom. The summed E-state index contributed by atoms with van der Waals surface area (Å²) in [6, 6.07) is 3.41. The van der Waals surface area contributed by atoms with Crippen LogP contribution in [0, 0.1) is 0 Å². The SMILES string of the molecule is O=C1CCC(N2C(=O)c3cccc(NCCC(=O)C(=O)O)c3C2=O)C(=O)N1. The molecule has 3 rings (SSSR count). The fourth-order valence-electron chi connectivity index (χ4n) is 3.08. The Kier molecular flexibility index (Phi) is 4.72. The van der Waals surface area contributed by atoms with Crippen molar-refractivity contribution >= 4 is 41.1 Å². The number of ketones is 1. The van der Waals surface area contributed by atoms with E-state index in [1.54, 1.807) is 0 Å². The van der Waals surface area contributed by atoms with Crippen molar-refractivity contribution in [2.75, 3.05) is 11.9 Å². The summed E-state index contributed by atoms with van der Waals surface area (Å²) in [7, 11) is 0. The zero-order valence-electron chi connectivity index (χ0n) is 14.0. The number of amides is 4. The number of rotatable bonds is 6. The lowest BCUT2D eigenvalue weighted by Crippen LogP contribution is -2.54. The van der Waals surface area contributed by atoms with Crippen molar-refractivity contribution < 1.29 is 33.9 Å². The van der Waals surface area contributed by atoms with Gasteiger partial charge in [-0.2, -0.15) is 0 Å². The van der Waals surface area contributed by atoms with Gasteiger partial charge in [-0.1, -0.05) is 6.07 Å². The number of nitrogens with one attached hydrogen (secondary N) is 2. The number of carboxylic acids is 1. The number of carbonyl (C=O) groups is 6. The second-order valence-electron chi connectivity index (χ2n) is 6.08. The molecule has 140 valence electrons. The lowest BCUT2D eigenvalue weighted by molar-refractivity contribution is -0.148. The average molecular weight is 373 g/mol. The standard InChI is InChI=1S/C17H15N3O7/c21-11(17(26)27)6-7-18-9-3-1-2-8-13(9)16(25)20(15(8)24)10-4-5-12(22)19-14(10)23/h1-3,10,18H,4-7H2,(H,26,27)(H,19,22,23).